The maximum atomic E-state index is 10.8. The lowest BCUT2D eigenvalue weighted by atomic mass is 10.1. The molecule has 0 amide bonds. The van der Waals surface area contributed by atoms with Crippen LogP contribution in [-0.4, -0.2) is 44.6 Å². The summed E-state index contributed by atoms with van der Waals surface area (Å²) in [7, 11) is 1.67. The number of nitro groups is 1. The monoisotopic (exact) mass is 449 g/mol. The van der Waals surface area contributed by atoms with Crippen LogP contribution < -0.4 is 9.64 Å². The topological polar surface area (TPSA) is 77.2 Å². The summed E-state index contributed by atoms with van der Waals surface area (Å²) >= 11 is 1.54. The molecule has 0 unspecified atom stereocenters. The minimum absolute atomic E-state index is 0.0902. The van der Waals surface area contributed by atoms with Gasteiger partial charge in [0.1, 0.15) is 5.75 Å². The Morgan fingerprint density at radius 2 is 1.69 bits per heavy atom. The van der Waals surface area contributed by atoms with Gasteiger partial charge in [-0.2, -0.15) is 0 Å². The third-order valence-corrected chi connectivity index (χ3v) is 6.08. The predicted molar refractivity (Wildman–Crippen MR) is 127 cm³/mol. The van der Waals surface area contributed by atoms with Crippen molar-refractivity contribution in [3.05, 3.63) is 82.4 Å². The molecule has 0 spiro atoms. The number of non-ortho nitro benzene ring substituents is 1. The number of hydrogen-bond donors (Lipinski definition) is 0. The normalized spacial score (nSPS) is 14.0. The molecule has 32 heavy (non-hydrogen) atoms. The number of methoxy groups -OCH3 is 1. The zero-order chi connectivity index (χ0) is 22.3. The highest BCUT2D eigenvalue weighted by molar-refractivity contribution is 7.99. The molecule has 3 aromatic rings. The zero-order valence-electron chi connectivity index (χ0n) is 17.6. The summed E-state index contributed by atoms with van der Waals surface area (Å²) in [6, 6.07) is 20.5. The minimum Gasteiger partial charge on any atom is -0.496 e. The molecule has 0 aromatic heterocycles. The average Bonchev–Trinajstić information content (AvgIpc) is 2.84. The van der Waals surface area contributed by atoms with Crippen molar-refractivity contribution >= 4 is 35.0 Å². The molecule has 1 heterocycles. The fraction of sp³-hybridized carbons (Fsp3) is 0.208. The van der Waals surface area contributed by atoms with Crippen LogP contribution >= 0.6 is 11.8 Å². The first-order valence-corrected chi connectivity index (χ1v) is 11.0. The summed E-state index contributed by atoms with van der Waals surface area (Å²) in [5.41, 5.74) is 2.95. The molecule has 1 aliphatic heterocycles. The van der Waals surface area contributed by atoms with Gasteiger partial charge in [0, 0.05) is 58.5 Å². The van der Waals surface area contributed by atoms with E-state index in [1.807, 2.05) is 36.4 Å². The molecule has 3 aromatic carbocycles. The van der Waals surface area contributed by atoms with Crippen molar-refractivity contribution in [1.82, 2.24) is 0 Å². The molecule has 4 rings (SSSR count). The van der Waals surface area contributed by atoms with Gasteiger partial charge in [-0.25, -0.2) is 0 Å². The van der Waals surface area contributed by atoms with Crippen molar-refractivity contribution in [3.8, 4) is 5.75 Å². The van der Waals surface area contributed by atoms with Crippen LogP contribution in [0.25, 0.3) is 0 Å². The number of anilines is 1. The van der Waals surface area contributed by atoms with E-state index in [1.165, 1.54) is 12.1 Å². The number of benzene rings is 3. The number of morpholine rings is 1. The predicted octanol–water partition coefficient (Wildman–Crippen LogP) is 5.34. The molecule has 1 saturated heterocycles. The van der Waals surface area contributed by atoms with Gasteiger partial charge in [-0.05, 0) is 48.5 Å². The Balaban J connectivity index is 1.42. The lowest BCUT2D eigenvalue weighted by molar-refractivity contribution is -0.384. The van der Waals surface area contributed by atoms with Crippen LogP contribution in [0.15, 0.2) is 81.5 Å². The van der Waals surface area contributed by atoms with Gasteiger partial charge in [-0.3, -0.25) is 15.1 Å². The minimum atomic E-state index is -0.396. The first-order valence-electron chi connectivity index (χ1n) is 10.2. The molecule has 0 radical (unpaired) electrons. The molecule has 164 valence electrons. The fourth-order valence-electron chi connectivity index (χ4n) is 3.34. The Bertz CT molecular complexity index is 1100. The quantitative estimate of drug-likeness (QED) is 0.275. The van der Waals surface area contributed by atoms with Crippen molar-refractivity contribution in [2.45, 2.75) is 9.79 Å². The van der Waals surface area contributed by atoms with E-state index in [4.69, 9.17) is 9.47 Å². The second-order valence-corrected chi connectivity index (χ2v) is 8.28. The summed E-state index contributed by atoms with van der Waals surface area (Å²) < 4.78 is 11.0. The molecule has 1 fully saturated rings. The molecule has 0 bridgehead atoms. The van der Waals surface area contributed by atoms with Gasteiger partial charge in [0.15, 0.2) is 0 Å². The Labute approximate surface area is 190 Å². The van der Waals surface area contributed by atoms with Crippen LogP contribution in [0.5, 0.6) is 5.75 Å². The van der Waals surface area contributed by atoms with Crippen LogP contribution in [0.4, 0.5) is 17.1 Å². The summed E-state index contributed by atoms with van der Waals surface area (Å²) in [4.78, 5) is 19.2. The van der Waals surface area contributed by atoms with E-state index in [1.54, 1.807) is 37.2 Å². The van der Waals surface area contributed by atoms with Crippen LogP contribution in [0.3, 0.4) is 0 Å². The largest absolute Gasteiger partial charge is 0.496 e. The van der Waals surface area contributed by atoms with Crippen LogP contribution in [0, 0.1) is 10.1 Å². The van der Waals surface area contributed by atoms with Crippen LogP contribution in [-0.2, 0) is 4.74 Å². The van der Waals surface area contributed by atoms with E-state index >= 15 is 0 Å². The highest BCUT2D eigenvalue weighted by atomic mass is 32.2. The van der Waals surface area contributed by atoms with Crippen molar-refractivity contribution in [3.63, 3.8) is 0 Å². The number of aliphatic imine (C=N–C) groups is 1. The van der Waals surface area contributed by atoms with Crippen LogP contribution in [0.2, 0.25) is 0 Å². The molecule has 1 aliphatic rings. The highest BCUT2D eigenvalue weighted by Crippen LogP contribution is 2.31. The summed E-state index contributed by atoms with van der Waals surface area (Å²) in [5.74, 6) is 0.781. The number of nitrogens with zero attached hydrogens (tertiary/aromatic N) is 3. The number of rotatable bonds is 7. The lowest BCUT2D eigenvalue weighted by Crippen LogP contribution is -2.36. The van der Waals surface area contributed by atoms with Crippen molar-refractivity contribution < 1.29 is 14.4 Å². The Morgan fingerprint density at radius 1 is 1.03 bits per heavy atom. The lowest BCUT2D eigenvalue weighted by Gasteiger charge is -2.29. The first kappa shape index (κ1) is 21.9. The van der Waals surface area contributed by atoms with E-state index < -0.39 is 4.92 Å². The molecule has 7 nitrogen and oxygen atoms in total. The van der Waals surface area contributed by atoms with Gasteiger partial charge in [0.2, 0.25) is 0 Å². The Kier molecular flexibility index (Phi) is 7.03. The van der Waals surface area contributed by atoms with Gasteiger partial charge in [-0.1, -0.05) is 11.8 Å². The highest BCUT2D eigenvalue weighted by Gasteiger charge is 2.13. The van der Waals surface area contributed by atoms with E-state index in [9.17, 15) is 10.1 Å². The van der Waals surface area contributed by atoms with Crippen molar-refractivity contribution in [2.24, 2.45) is 4.99 Å². The summed E-state index contributed by atoms with van der Waals surface area (Å²) in [5, 5.41) is 10.8. The second-order valence-electron chi connectivity index (χ2n) is 7.13. The molecular weight excluding hydrogens is 426 g/mol. The molecular formula is C24H23N3O4S. The summed E-state index contributed by atoms with van der Waals surface area (Å²) in [6.07, 6.45) is 1.81. The molecule has 8 heteroatoms. The Hall–Kier alpha value is -3.36. The van der Waals surface area contributed by atoms with E-state index in [0.29, 0.717) is 0 Å². The standard InChI is InChI=1S/C24H23N3O4S/c1-30-24-16-21(26-12-14-31-15-13-26)5-2-18(24)17-25-19-3-8-22(9-4-19)32-23-10-6-20(7-11-23)27(28)29/h2-11,16-17H,12-15H2,1H3. The summed E-state index contributed by atoms with van der Waals surface area (Å²) in [6.45, 7) is 3.23. The second kappa shape index (κ2) is 10.3. The van der Waals surface area contributed by atoms with E-state index in [0.717, 1.165) is 58.8 Å². The van der Waals surface area contributed by atoms with Gasteiger partial charge in [-0.15, -0.1) is 0 Å². The molecule has 0 atom stereocenters. The van der Waals surface area contributed by atoms with Gasteiger partial charge < -0.3 is 14.4 Å². The van der Waals surface area contributed by atoms with Crippen molar-refractivity contribution in [1.29, 1.82) is 0 Å². The van der Waals surface area contributed by atoms with E-state index in [2.05, 4.69) is 16.0 Å². The molecule has 0 saturated carbocycles. The van der Waals surface area contributed by atoms with E-state index in [-0.39, 0.29) is 5.69 Å². The average molecular weight is 450 g/mol. The fourth-order valence-corrected chi connectivity index (χ4v) is 4.16. The maximum Gasteiger partial charge on any atom is 0.269 e. The smallest absolute Gasteiger partial charge is 0.269 e. The third-order valence-electron chi connectivity index (χ3n) is 5.07. The van der Waals surface area contributed by atoms with Gasteiger partial charge in [0.25, 0.3) is 5.69 Å². The number of hydrogen-bond acceptors (Lipinski definition) is 7. The molecule has 0 aliphatic carbocycles. The zero-order valence-corrected chi connectivity index (χ0v) is 18.5. The van der Waals surface area contributed by atoms with Crippen molar-refractivity contribution in [2.75, 3.05) is 38.3 Å². The van der Waals surface area contributed by atoms with Gasteiger partial charge >= 0.3 is 0 Å². The van der Waals surface area contributed by atoms with Gasteiger partial charge in [0.05, 0.1) is 30.9 Å². The number of ether oxygens (including phenoxy) is 2. The molecule has 0 N–H and O–H groups in total. The maximum absolute atomic E-state index is 10.8. The first-order chi connectivity index (χ1) is 15.6. The third kappa shape index (κ3) is 5.46. The Morgan fingerprint density at radius 3 is 2.31 bits per heavy atom. The number of nitro benzene ring substituents is 1. The SMILES string of the molecule is COc1cc(N2CCOCC2)ccc1C=Nc1ccc(Sc2ccc([N+](=O)[O-])cc2)cc1. The van der Waals surface area contributed by atoms with Crippen LogP contribution in [0.1, 0.15) is 5.56 Å².